The molecule has 2 amide bonds. The first-order chi connectivity index (χ1) is 17.5. The molecule has 0 spiro atoms. The highest BCUT2D eigenvalue weighted by Gasteiger charge is 2.28. The van der Waals surface area contributed by atoms with Crippen molar-refractivity contribution < 1.29 is 23.1 Å². The predicted molar refractivity (Wildman–Crippen MR) is 133 cm³/mol. The van der Waals surface area contributed by atoms with Crippen LogP contribution in [0.4, 0.5) is 20.3 Å². The van der Waals surface area contributed by atoms with Crippen molar-refractivity contribution >= 4 is 34.9 Å². The van der Waals surface area contributed by atoms with Crippen LogP contribution in [0.3, 0.4) is 0 Å². The van der Waals surface area contributed by atoms with Crippen molar-refractivity contribution in [3.8, 4) is 17.0 Å². The third-order valence-corrected chi connectivity index (χ3v) is 5.70. The standard InChI is InChI=1S/C24H23ClF2N6O4/c1-14(34)30-17-7-8-33(12-17)22-19(20-10-21(35)32(2)13-29-20)9-15(11-28-22)23(36)31-16-3-5-18(6-4-16)37-24(25,26)27/h3-6,9-11,13,17H,7-8,12H2,1-2H3,(H,30,34)(H,31,36)/t17-/m1/s1. The first-order valence-corrected chi connectivity index (χ1v) is 11.6. The average Bonchev–Trinajstić information content (AvgIpc) is 3.28. The molecule has 37 heavy (non-hydrogen) atoms. The molecule has 4 rings (SSSR count). The highest BCUT2D eigenvalue weighted by Crippen LogP contribution is 2.31. The number of anilines is 2. The summed E-state index contributed by atoms with van der Waals surface area (Å²) in [5.41, 5.74) is -2.81. The molecule has 1 aromatic carbocycles. The lowest BCUT2D eigenvalue weighted by Crippen LogP contribution is -2.35. The quantitative estimate of drug-likeness (QED) is 0.449. The number of nitrogens with one attached hydrogen (secondary N) is 2. The van der Waals surface area contributed by atoms with Gasteiger partial charge >= 0.3 is 5.57 Å². The van der Waals surface area contributed by atoms with Crippen molar-refractivity contribution in [1.82, 2.24) is 19.9 Å². The molecule has 2 aromatic heterocycles. The van der Waals surface area contributed by atoms with Crippen LogP contribution in [0.15, 0.2) is 53.7 Å². The lowest BCUT2D eigenvalue weighted by Gasteiger charge is -2.21. The largest absolute Gasteiger partial charge is 0.487 e. The van der Waals surface area contributed by atoms with Crippen molar-refractivity contribution in [3.63, 3.8) is 0 Å². The molecular weight excluding hydrogens is 510 g/mol. The Balaban J connectivity index is 1.61. The van der Waals surface area contributed by atoms with Gasteiger partial charge in [-0.2, -0.15) is 0 Å². The number of pyridine rings is 1. The van der Waals surface area contributed by atoms with Gasteiger partial charge in [-0.05, 0) is 36.8 Å². The topological polar surface area (TPSA) is 118 Å². The summed E-state index contributed by atoms with van der Waals surface area (Å²) in [4.78, 5) is 47.5. The van der Waals surface area contributed by atoms with Crippen molar-refractivity contribution in [1.29, 1.82) is 0 Å². The monoisotopic (exact) mass is 532 g/mol. The van der Waals surface area contributed by atoms with Crippen molar-refractivity contribution in [3.05, 3.63) is 64.8 Å². The molecular formula is C24H23ClF2N6O4. The van der Waals surface area contributed by atoms with Gasteiger partial charge in [0, 0.05) is 68.2 Å². The number of benzene rings is 1. The fourth-order valence-electron chi connectivity index (χ4n) is 3.93. The number of nitrogens with zero attached hydrogens (tertiary/aromatic N) is 4. The van der Waals surface area contributed by atoms with Crippen LogP contribution >= 0.6 is 11.6 Å². The molecule has 2 N–H and O–H groups in total. The molecule has 1 atom stereocenters. The van der Waals surface area contributed by atoms with Crippen LogP contribution in [-0.4, -0.2) is 51.0 Å². The Labute approximate surface area is 215 Å². The van der Waals surface area contributed by atoms with Gasteiger partial charge in [0.2, 0.25) is 5.91 Å². The Kier molecular flexibility index (Phi) is 7.39. The third kappa shape index (κ3) is 6.58. The zero-order chi connectivity index (χ0) is 26.7. The number of carbonyl (C=O) groups is 2. The Morgan fingerprint density at radius 1 is 1.19 bits per heavy atom. The van der Waals surface area contributed by atoms with Gasteiger partial charge in [0.1, 0.15) is 11.6 Å². The molecule has 0 aliphatic carbocycles. The van der Waals surface area contributed by atoms with Gasteiger partial charge in [-0.15, -0.1) is 8.78 Å². The molecule has 10 nitrogen and oxygen atoms in total. The smallest absolute Gasteiger partial charge is 0.420 e. The number of hydrogen-bond acceptors (Lipinski definition) is 7. The Morgan fingerprint density at radius 2 is 1.92 bits per heavy atom. The predicted octanol–water partition coefficient (Wildman–Crippen LogP) is 2.98. The van der Waals surface area contributed by atoms with Crippen LogP contribution in [0.2, 0.25) is 0 Å². The van der Waals surface area contributed by atoms with Crippen molar-refractivity contribution in [2.75, 3.05) is 23.3 Å². The maximum Gasteiger partial charge on any atom is 0.487 e. The molecule has 1 aliphatic heterocycles. The number of aromatic nitrogens is 3. The lowest BCUT2D eigenvalue weighted by molar-refractivity contribution is -0.119. The molecule has 3 aromatic rings. The number of carbonyl (C=O) groups excluding carboxylic acids is 2. The van der Waals surface area contributed by atoms with Crippen LogP contribution in [0, 0.1) is 0 Å². The van der Waals surface area contributed by atoms with Crippen LogP contribution in [0.5, 0.6) is 5.75 Å². The van der Waals surface area contributed by atoms with Gasteiger partial charge in [0.15, 0.2) is 0 Å². The second-order valence-corrected chi connectivity index (χ2v) is 8.92. The number of aryl methyl sites for hydroxylation is 1. The van der Waals surface area contributed by atoms with Crippen LogP contribution in [-0.2, 0) is 11.8 Å². The minimum atomic E-state index is -3.85. The van der Waals surface area contributed by atoms with E-state index in [2.05, 4.69) is 25.3 Å². The summed E-state index contributed by atoms with van der Waals surface area (Å²) in [6.45, 7) is 2.57. The second kappa shape index (κ2) is 10.5. The summed E-state index contributed by atoms with van der Waals surface area (Å²) in [6, 6.07) is 8.12. The first kappa shape index (κ1) is 26.0. The van der Waals surface area contributed by atoms with Gasteiger partial charge in [0.05, 0.1) is 17.6 Å². The fourth-order valence-corrected chi connectivity index (χ4v) is 4.02. The van der Waals surface area contributed by atoms with Gasteiger partial charge in [-0.1, -0.05) is 0 Å². The number of halogens is 3. The van der Waals surface area contributed by atoms with E-state index in [4.69, 9.17) is 11.6 Å². The van der Waals surface area contributed by atoms with E-state index in [-0.39, 0.29) is 28.8 Å². The Bertz CT molecular complexity index is 1380. The average molecular weight is 533 g/mol. The van der Waals surface area contributed by atoms with Crippen LogP contribution < -0.4 is 25.8 Å². The fraction of sp³-hybridized carbons (Fsp3) is 0.292. The summed E-state index contributed by atoms with van der Waals surface area (Å²) in [6.07, 6.45) is 3.49. The number of ether oxygens (including phenoxy) is 1. The molecule has 1 saturated heterocycles. The highest BCUT2D eigenvalue weighted by atomic mass is 35.5. The van der Waals surface area contributed by atoms with E-state index in [1.54, 1.807) is 13.1 Å². The summed E-state index contributed by atoms with van der Waals surface area (Å²) in [5.74, 6) is -0.297. The molecule has 0 radical (unpaired) electrons. The minimum Gasteiger partial charge on any atom is -0.420 e. The zero-order valence-corrected chi connectivity index (χ0v) is 20.6. The number of rotatable bonds is 7. The maximum absolute atomic E-state index is 13.0. The van der Waals surface area contributed by atoms with Gasteiger partial charge in [0.25, 0.3) is 11.5 Å². The molecule has 0 saturated carbocycles. The van der Waals surface area contributed by atoms with Crippen molar-refractivity contribution in [2.24, 2.45) is 7.05 Å². The summed E-state index contributed by atoms with van der Waals surface area (Å²) in [5, 5.41) is 5.55. The van der Waals surface area contributed by atoms with E-state index in [9.17, 15) is 23.2 Å². The van der Waals surface area contributed by atoms with Crippen LogP contribution in [0.1, 0.15) is 23.7 Å². The minimum absolute atomic E-state index is 0.0579. The molecule has 1 fully saturated rings. The summed E-state index contributed by atoms with van der Waals surface area (Å²) in [7, 11) is 1.57. The Hall–Kier alpha value is -4.06. The third-order valence-electron chi connectivity index (χ3n) is 5.62. The van der Waals surface area contributed by atoms with E-state index in [0.29, 0.717) is 42.3 Å². The van der Waals surface area contributed by atoms with E-state index in [0.717, 1.165) is 0 Å². The van der Waals surface area contributed by atoms with Crippen LogP contribution in [0.25, 0.3) is 11.3 Å². The highest BCUT2D eigenvalue weighted by molar-refractivity contribution is 6.20. The number of alkyl halides is 3. The van der Waals surface area contributed by atoms with E-state index >= 15 is 0 Å². The van der Waals surface area contributed by atoms with E-state index < -0.39 is 11.5 Å². The summed E-state index contributed by atoms with van der Waals surface area (Å²) < 4.78 is 31.2. The number of amides is 2. The molecule has 13 heteroatoms. The molecule has 1 aliphatic rings. The molecule has 0 bridgehead atoms. The lowest BCUT2D eigenvalue weighted by atomic mass is 10.1. The maximum atomic E-state index is 13.0. The zero-order valence-electron chi connectivity index (χ0n) is 19.9. The van der Waals surface area contributed by atoms with Gasteiger partial charge < -0.3 is 24.8 Å². The van der Waals surface area contributed by atoms with Gasteiger partial charge in [-0.3, -0.25) is 14.4 Å². The van der Waals surface area contributed by atoms with E-state index in [1.807, 2.05) is 4.90 Å². The molecule has 194 valence electrons. The second-order valence-electron chi connectivity index (χ2n) is 8.48. The normalized spacial score (nSPS) is 15.4. The molecule has 0 unspecified atom stereocenters. The molecule has 3 heterocycles. The van der Waals surface area contributed by atoms with Crippen molar-refractivity contribution in [2.45, 2.75) is 25.0 Å². The van der Waals surface area contributed by atoms with E-state index in [1.165, 1.54) is 54.3 Å². The Morgan fingerprint density at radius 3 is 2.57 bits per heavy atom. The first-order valence-electron chi connectivity index (χ1n) is 11.2. The number of hydrogen-bond donors (Lipinski definition) is 2. The van der Waals surface area contributed by atoms with Gasteiger partial charge in [-0.25, -0.2) is 9.97 Å². The summed E-state index contributed by atoms with van der Waals surface area (Å²) >= 11 is 4.77. The SMILES string of the molecule is CC(=O)N[C@@H]1CCN(c2ncc(C(=O)Nc3ccc(OC(F)(F)Cl)cc3)cc2-c2cc(=O)n(C)cn2)C1.